The van der Waals surface area contributed by atoms with Gasteiger partial charge in [-0.3, -0.25) is 9.78 Å². The van der Waals surface area contributed by atoms with Gasteiger partial charge in [0, 0.05) is 22.3 Å². The molecule has 1 aromatic carbocycles. The second kappa shape index (κ2) is 6.31. The molecule has 2 rings (SSSR count). The molecule has 0 atom stereocenters. The van der Waals surface area contributed by atoms with Crippen LogP contribution in [0.4, 0.5) is 0 Å². The van der Waals surface area contributed by atoms with Crippen LogP contribution < -0.4 is 0 Å². The number of rotatable bonds is 3. The SMILES string of the molecule is COC(=S)c1cccnc1-c1c(Cl)cc(Cl)cc1C=O. The lowest BCUT2D eigenvalue weighted by Crippen LogP contribution is -2.05. The van der Waals surface area contributed by atoms with E-state index in [0.717, 1.165) is 0 Å². The Morgan fingerprint density at radius 2 is 2.15 bits per heavy atom. The van der Waals surface area contributed by atoms with Crippen molar-refractivity contribution in [2.24, 2.45) is 0 Å². The van der Waals surface area contributed by atoms with Gasteiger partial charge < -0.3 is 4.74 Å². The molecular formula is C14H9Cl2NO2S. The molecule has 0 spiro atoms. The van der Waals surface area contributed by atoms with Crippen molar-refractivity contribution in [2.45, 2.75) is 0 Å². The van der Waals surface area contributed by atoms with E-state index in [-0.39, 0.29) is 5.05 Å². The fraction of sp³-hybridized carbons (Fsp3) is 0.0714. The summed E-state index contributed by atoms with van der Waals surface area (Å²) in [4.78, 5) is 15.5. The molecule has 0 amide bonds. The average molecular weight is 326 g/mol. The number of nitrogens with zero attached hydrogens (tertiary/aromatic N) is 1. The van der Waals surface area contributed by atoms with E-state index < -0.39 is 0 Å². The summed E-state index contributed by atoms with van der Waals surface area (Å²) in [6.07, 6.45) is 2.28. The number of aldehydes is 1. The third-order valence-electron chi connectivity index (χ3n) is 2.66. The zero-order chi connectivity index (χ0) is 14.7. The maximum absolute atomic E-state index is 11.2. The molecule has 1 aromatic heterocycles. The van der Waals surface area contributed by atoms with E-state index in [9.17, 15) is 4.79 Å². The third-order valence-corrected chi connectivity index (χ3v) is 3.57. The van der Waals surface area contributed by atoms with Gasteiger partial charge in [-0.25, -0.2) is 0 Å². The fourth-order valence-corrected chi connectivity index (χ4v) is 2.58. The second-order valence-electron chi connectivity index (χ2n) is 3.86. The third kappa shape index (κ3) is 2.82. The molecule has 0 aliphatic heterocycles. The zero-order valence-electron chi connectivity index (χ0n) is 10.4. The Morgan fingerprint density at radius 3 is 2.80 bits per heavy atom. The van der Waals surface area contributed by atoms with E-state index >= 15 is 0 Å². The maximum Gasteiger partial charge on any atom is 0.193 e. The van der Waals surface area contributed by atoms with Crippen LogP contribution in [0.15, 0.2) is 30.5 Å². The number of carbonyl (C=O) groups excluding carboxylic acids is 1. The second-order valence-corrected chi connectivity index (χ2v) is 5.08. The lowest BCUT2D eigenvalue weighted by molar-refractivity contribution is 0.112. The molecule has 1 heterocycles. The summed E-state index contributed by atoms with van der Waals surface area (Å²) in [7, 11) is 1.48. The molecule has 2 aromatic rings. The number of thiocarbonyl (C=S) groups is 1. The average Bonchev–Trinajstić information content (AvgIpc) is 2.45. The van der Waals surface area contributed by atoms with Crippen molar-refractivity contribution in [3.63, 3.8) is 0 Å². The minimum Gasteiger partial charge on any atom is -0.486 e. The number of ether oxygens (including phenoxy) is 1. The smallest absolute Gasteiger partial charge is 0.193 e. The summed E-state index contributed by atoms with van der Waals surface area (Å²) in [5.74, 6) is 0. The lowest BCUT2D eigenvalue weighted by Gasteiger charge is -2.12. The van der Waals surface area contributed by atoms with Gasteiger partial charge in [-0.15, -0.1) is 0 Å². The van der Waals surface area contributed by atoms with Gasteiger partial charge in [0.25, 0.3) is 0 Å². The molecule has 6 heteroatoms. The molecule has 0 unspecified atom stereocenters. The largest absolute Gasteiger partial charge is 0.486 e. The van der Waals surface area contributed by atoms with E-state index in [4.69, 9.17) is 40.2 Å². The topological polar surface area (TPSA) is 39.2 Å². The van der Waals surface area contributed by atoms with Crippen LogP contribution in [0.25, 0.3) is 11.3 Å². The van der Waals surface area contributed by atoms with Gasteiger partial charge in [-0.1, -0.05) is 23.2 Å². The minimum absolute atomic E-state index is 0.274. The quantitative estimate of drug-likeness (QED) is 0.626. The molecular weight excluding hydrogens is 317 g/mol. The van der Waals surface area contributed by atoms with Gasteiger partial charge in [0.05, 0.1) is 23.4 Å². The van der Waals surface area contributed by atoms with Gasteiger partial charge in [0.1, 0.15) is 0 Å². The summed E-state index contributed by atoms with van der Waals surface area (Å²) >= 11 is 17.2. The van der Waals surface area contributed by atoms with Crippen LogP contribution in [0, 0.1) is 0 Å². The molecule has 3 nitrogen and oxygen atoms in total. The molecule has 0 saturated heterocycles. The number of hydrogen-bond acceptors (Lipinski definition) is 4. The summed E-state index contributed by atoms with van der Waals surface area (Å²) < 4.78 is 5.07. The summed E-state index contributed by atoms with van der Waals surface area (Å²) in [6, 6.07) is 6.58. The Bertz CT molecular complexity index is 689. The fourth-order valence-electron chi connectivity index (χ4n) is 1.82. The zero-order valence-corrected chi connectivity index (χ0v) is 12.7. The van der Waals surface area contributed by atoms with E-state index in [1.807, 2.05) is 0 Å². The summed E-state index contributed by atoms with van der Waals surface area (Å²) in [6.45, 7) is 0. The van der Waals surface area contributed by atoms with Crippen molar-refractivity contribution in [3.8, 4) is 11.3 Å². The van der Waals surface area contributed by atoms with Gasteiger partial charge in [-0.2, -0.15) is 0 Å². The first-order chi connectivity index (χ1) is 9.58. The molecule has 102 valence electrons. The highest BCUT2D eigenvalue weighted by Gasteiger charge is 2.18. The van der Waals surface area contributed by atoms with Crippen LogP contribution in [0.5, 0.6) is 0 Å². The van der Waals surface area contributed by atoms with Crippen molar-refractivity contribution in [3.05, 3.63) is 51.6 Å². The molecule has 0 fully saturated rings. The molecule has 0 radical (unpaired) electrons. The molecule has 0 aliphatic rings. The number of carbonyl (C=O) groups is 1. The van der Waals surface area contributed by atoms with Crippen LogP contribution >= 0.6 is 35.4 Å². The Balaban J connectivity index is 2.75. The van der Waals surface area contributed by atoms with Crippen molar-refractivity contribution in [1.82, 2.24) is 4.98 Å². The molecule has 0 aliphatic carbocycles. The standard InChI is InChI=1S/C14H9Cl2NO2S/c1-19-14(20)10-3-2-4-17-13(10)12-8(7-18)5-9(15)6-11(12)16/h2-7H,1H3. The Hall–Kier alpha value is -1.49. The maximum atomic E-state index is 11.2. The minimum atomic E-state index is 0.274. The van der Waals surface area contributed by atoms with Crippen LogP contribution in [0.3, 0.4) is 0 Å². The molecule has 0 saturated carbocycles. The Morgan fingerprint density at radius 1 is 1.40 bits per heavy atom. The van der Waals surface area contributed by atoms with Crippen LogP contribution in [0.2, 0.25) is 10.0 Å². The number of halogens is 2. The predicted octanol–water partition coefficient (Wildman–Crippen LogP) is 4.19. The van der Waals surface area contributed by atoms with E-state index in [2.05, 4.69) is 4.98 Å². The van der Waals surface area contributed by atoms with Gasteiger partial charge in [0.15, 0.2) is 11.3 Å². The normalized spacial score (nSPS) is 10.2. The highest BCUT2D eigenvalue weighted by atomic mass is 35.5. The van der Waals surface area contributed by atoms with Gasteiger partial charge in [0.2, 0.25) is 0 Å². The Labute approximate surface area is 131 Å². The van der Waals surface area contributed by atoms with Crippen LogP contribution in [0.1, 0.15) is 15.9 Å². The highest BCUT2D eigenvalue weighted by molar-refractivity contribution is 7.80. The monoisotopic (exact) mass is 325 g/mol. The van der Waals surface area contributed by atoms with Crippen LogP contribution in [-0.2, 0) is 4.74 Å². The first-order valence-corrected chi connectivity index (χ1v) is 6.72. The molecule has 0 bridgehead atoms. The lowest BCUT2D eigenvalue weighted by atomic mass is 10.0. The molecule has 20 heavy (non-hydrogen) atoms. The number of benzene rings is 1. The van der Waals surface area contributed by atoms with Gasteiger partial charge >= 0.3 is 0 Å². The number of aromatic nitrogens is 1. The van der Waals surface area contributed by atoms with Crippen molar-refractivity contribution in [1.29, 1.82) is 0 Å². The first kappa shape index (κ1) is 14.9. The summed E-state index contributed by atoms with van der Waals surface area (Å²) in [5.41, 5.74) is 1.92. The van der Waals surface area contributed by atoms with Crippen LogP contribution in [-0.4, -0.2) is 23.4 Å². The van der Waals surface area contributed by atoms with E-state index in [0.29, 0.717) is 38.7 Å². The van der Waals surface area contributed by atoms with Crippen molar-refractivity contribution < 1.29 is 9.53 Å². The highest BCUT2D eigenvalue weighted by Crippen LogP contribution is 2.34. The van der Waals surface area contributed by atoms with Crippen molar-refractivity contribution in [2.75, 3.05) is 7.11 Å². The number of hydrogen-bond donors (Lipinski definition) is 0. The van der Waals surface area contributed by atoms with Gasteiger partial charge in [-0.05, 0) is 36.5 Å². The Kier molecular flexibility index (Phi) is 4.70. The van der Waals surface area contributed by atoms with Crippen molar-refractivity contribution >= 4 is 46.8 Å². The van der Waals surface area contributed by atoms with E-state index in [1.165, 1.54) is 13.2 Å². The first-order valence-electron chi connectivity index (χ1n) is 5.56. The summed E-state index contributed by atoms with van der Waals surface area (Å²) in [5, 5.41) is 0.988. The van der Waals surface area contributed by atoms with E-state index in [1.54, 1.807) is 24.4 Å². The number of methoxy groups -OCH3 is 1. The molecule has 0 N–H and O–H groups in total. The number of pyridine rings is 1. The predicted molar refractivity (Wildman–Crippen MR) is 83.8 cm³/mol.